The van der Waals surface area contributed by atoms with Crippen LogP contribution in [0.3, 0.4) is 0 Å². The zero-order valence-electron chi connectivity index (χ0n) is 14.1. The first-order valence-corrected chi connectivity index (χ1v) is 9.10. The van der Waals surface area contributed by atoms with Gasteiger partial charge in [0.25, 0.3) is 5.91 Å². The number of ether oxygens (including phenoxy) is 1. The molecule has 6 nitrogen and oxygen atoms in total. The number of piperidine rings is 1. The van der Waals surface area contributed by atoms with Crippen molar-refractivity contribution in [3.05, 3.63) is 0 Å². The minimum absolute atomic E-state index is 0.0164. The Labute approximate surface area is 138 Å². The van der Waals surface area contributed by atoms with Crippen LogP contribution < -0.4 is 10.6 Å². The van der Waals surface area contributed by atoms with Gasteiger partial charge < -0.3 is 15.4 Å². The quantitative estimate of drug-likeness (QED) is 0.752. The van der Waals surface area contributed by atoms with Crippen LogP contribution in [0.5, 0.6) is 0 Å². The molecule has 3 amide bonds. The highest BCUT2D eigenvalue weighted by Crippen LogP contribution is 2.36. The molecule has 0 aromatic carbocycles. The zero-order chi connectivity index (χ0) is 16.3. The van der Waals surface area contributed by atoms with E-state index < -0.39 is 5.54 Å². The summed E-state index contributed by atoms with van der Waals surface area (Å²) < 4.78 is 5.38. The number of imide groups is 1. The second kappa shape index (κ2) is 7.18. The van der Waals surface area contributed by atoms with Crippen LogP contribution in [-0.2, 0) is 9.53 Å². The maximum Gasteiger partial charge on any atom is 0.325 e. The standard InChI is InChI=1S/C17H29N3O3/c1-2-7-17(14-3-8-18-9-4-14)15(21)20(16(22)19-17)12-13-5-10-23-11-6-13/h13-14,18H,2-12H2,1H3,(H,19,22)/t17-/m1/s1. The van der Waals surface area contributed by atoms with Crippen molar-refractivity contribution < 1.29 is 14.3 Å². The molecule has 3 aliphatic rings. The Morgan fingerprint density at radius 1 is 1.17 bits per heavy atom. The maximum atomic E-state index is 13.2. The summed E-state index contributed by atoms with van der Waals surface area (Å²) in [5, 5.41) is 6.45. The molecule has 0 bridgehead atoms. The molecular weight excluding hydrogens is 294 g/mol. The summed E-state index contributed by atoms with van der Waals surface area (Å²) in [4.78, 5) is 27.2. The molecule has 1 atom stereocenters. The largest absolute Gasteiger partial charge is 0.381 e. The molecule has 23 heavy (non-hydrogen) atoms. The van der Waals surface area contributed by atoms with E-state index in [-0.39, 0.29) is 17.9 Å². The Balaban J connectivity index is 1.75. The Kier molecular flexibility index (Phi) is 5.21. The number of hydrogen-bond acceptors (Lipinski definition) is 4. The van der Waals surface area contributed by atoms with E-state index in [4.69, 9.17) is 4.74 Å². The van der Waals surface area contributed by atoms with Crippen molar-refractivity contribution in [1.29, 1.82) is 0 Å². The number of urea groups is 1. The van der Waals surface area contributed by atoms with Crippen LogP contribution in [0.2, 0.25) is 0 Å². The number of carbonyl (C=O) groups is 2. The lowest BCUT2D eigenvalue weighted by molar-refractivity contribution is -0.134. The SMILES string of the molecule is CCC[C@]1(C2CCNCC2)NC(=O)N(CC2CCOCC2)C1=O. The summed E-state index contributed by atoms with van der Waals surface area (Å²) in [7, 11) is 0. The monoisotopic (exact) mass is 323 g/mol. The fraction of sp³-hybridized carbons (Fsp3) is 0.882. The van der Waals surface area contributed by atoms with Gasteiger partial charge in [-0.05, 0) is 57.0 Å². The molecule has 0 radical (unpaired) electrons. The van der Waals surface area contributed by atoms with Gasteiger partial charge in [0.2, 0.25) is 0 Å². The van der Waals surface area contributed by atoms with Gasteiger partial charge in [-0.3, -0.25) is 9.69 Å². The van der Waals surface area contributed by atoms with Crippen LogP contribution in [0.25, 0.3) is 0 Å². The van der Waals surface area contributed by atoms with E-state index >= 15 is 0 Å². The third-order valence-corrected chi connectivity index (χ3v) is 5.66. The lowest BCUT2D eigenvalue weighted by Gasteiger charge is -2.38. The van der Waals surface area contributed by atoms with E-state index in [1.165, 1.54) is 4.90 Å². The van der Waals surface area contributed by atoms with Crippen molar-refractivity contribution in [2.45, 2.75) is 51.0 Å². The van der Waals surface area contributed by atoms with Crippen molar-refractivity contribution in [2.75, 3.05) is 32.8 Å². The molecule has 3 rings (SSSR count). The van der Waals surface area contributed by atoms with Crippen molar-refractivity contribution >= 4 is 11.9 Å². The molecule has 3 aliphatic heterocycles. The van der Waals surface area contributed by atoms with E-state index in [0.717, 1.165) is 64.8 Å². The van der Waals surface area contributed by atoms with E-state index in [9.17, 15) is 9.59 Å². The second-order valence-corrected chi connectivity index (χ2v) is 7.15. The first-order valence-electron chi connectivity index (χ1n) is 9.10. The van der Waals surface area contributed by atoms with Crippen molar-refractivity contribution in [3.63, 3.8) is 0 Å². The first-order chi connectivity index (χ1) is 11.2. The van der Waals surface area contributed by atoms with Crippen LogP contribution in [-0.4, -0.2) is 55.2 Å². The second-order valence-electron chi connectivity index (χ2n) is 7.15. The van der Waals surface area contributed by atoms with Crippen molar-refractivity contribution in [1.82, 2.24) is 15.5 Å². The van der Waals surface area contributed by atoms with E-state index in [1.807, 2.05) is 0 Å². The minimum atomic E-state index is -0.668. The van der Waals surface area contributed by atoms with Gasteiger partial charge in [0.05, 0.1) is 0 Å². The molecule has 0 unspecified atom stereocenters. The fourth-order valence-electron chi connectivity index (χ4n) is 4.36. The predicted molar refractivity (Wildman–Crippen MR) is 87.0 cm³/mol. The van der Waals surface area contributed by atoms with Gasteiger partial charge in [-0.1, -0.05) is 13.3 Å². The van der Waals surface area contributed by atoms with Gasteiger partial charge in [0.15, 0.2) is 0 Å². The maximum absolute atomic E-state index is 13.2. The highest BCUT2D eigenvalue weighted by Gasteiger charge is 2.55. The topological polar surface area (TPSA) is 70.7 Å². The Morgan fingerprint density at radius 2 is 1.87 bits per heavy atom. The molecule has 2 N–H and O–H groups in total. The van der Waals surface area contributed by atoms with Gasteiger partial charge in [0, 0.05) is 19.8 Å². The fourth-order valence-corrected chi connectivity index (χ4v) is 4.36. The van der Waals surface area contributed by atoms with Gasteiger partial charge in [-0.2, -0.15) is 0 Å². The highest BCUT2D eigenvalue weighted by atomic mass is 16.5. The number of amides is 3. The van der Waals surface area contributed by atoms with Crippen LogP contribution in [0.15, 0.2) is 0 Å². The number of carbonyl (C=O) groups excluding carboxylic acids is 2. The summed E-state index contributed by atoms with van der Waals surface area (Å²) in [6.45, 7) is 5.97. The predicted octanol–water partition coefficient (Wildman–Crippen LogP) is 1.50. The number of nitrogens with one attached hydrogen (secondary N) is 2. The Bertz CT molecular complexity index is 444. The zero-order valence-corrected chi connectivity index (χ0v) is 14.1. The van der Waals surface area contributed by atoms with E-state index in [2.05, 4.69) is 17.6 Å². The molecule has 0 aromatic heterocycles. The molecule has 0 aromatic rings. The van der Waals surface area contributed by atoms with Crippen LogP contribution in [0.4, 0.5) is 4.79 Å². The molecule has 3 saturated heterocycles. The van der Waals surface area contributed by atoms with E-state index in [1.54, 1.807) is 0 Å². The summed E-state index contributed by atoms with van der Waals surface area (Å²) in [5.74, 6) is 0.645. The summed E-state index contributed by atoms with van der Waals surface area (Å²) in [5.41, 5.74) is -0.668. The van der Waals surface area contributed by atoms with Crippen molar-refractivity contribution in [3.8, 4) is 0 Å². The summed E-state index contributed by atoms with van der Waals surface area (Å²) >= 11 is 0. The summed E-state index contributed by atoms with van der Waals surface area (Å²) in [6, 6.07) is -0.187. The first kappa shape index (κ1) is 16.7. The number of rotatable bonds is 5. The molecule has 0 saturated carbocycles. The van der Waals surface area contributed by atoms with Crippen LogP contribution in [0.1, 0.15) is 45.4 Å². The van der Waals surface area contributed by atoms with Crippen molar-refractivity contribution in [2.24, 2.45) is 11.8 Å². The smallest absolute Gasteiger partial charge is 0.325 e. The molecule has 0 aliphatic carbocycles. The lowest BCUT2D eigenvalue weighted by Crippen LogP contribution is -2.55. The molecule has 0 spiro atoms. The average Bonchev–Trinajstić information content (AvgIpc) is 2.82. The Morgan fingerprint density at radius 3 is 2.52 bits per heavy atom. The van der Waals surface area contributed by atoms with Gasteiger partial charge >= 0.3 is 6.03 Å². The Hall–Kier alpha value is -1.14. The lowest BCUT2D eigenvalue weighted by atomic mass is 9.75. The highest BCUT2D eigenvalue weighted by molar-refractivity contribution is 6.07. The molecule has 130 valence electrons. The van der Waals surface area contributed by atoms with E-state index in [0.29, 0.717) is 12.5 Å². The normalized spacial score (nSPS) is 30.7. The third-order valence-electron chi connectivity index (χ3n) is 5.66. The molecule has 3 heterocycles. The molecule has 3 fully saturated rings. The number of nitrogens with zero attached hydrogens (tertiary/aromatic N) is 1. The third kappa shape index (κ3) is 3.24. The number of hydrogen-bond donors (Lipinski definition) is 2. The minimum Gasteiger partial charge on any atom is -0.381 e. The average molecular weight is 323 g/mol. The van der Waals surface area contributed by atoms with Gasteiger partial charge in [-0.25, -0.2) is 4.79 Å². The van der Waals surface area contributed by atoms with Crippen LogP contribution in [0, 0.1) is 11.8 Å². The molecular formula is C17H29N3O3. The van der Waals surface area contributed by atoms with Crippen LogP contribution >= 0.6 is 0 Å². The summed E-state index contributed by atoms with van der Waals surface area (Å²) in [6.07, 6.45) is 5.43. The van der Waals surface area contributed by atoms with Gasteiger partial charge in [-0.15, -0.1) is 0 Å². The molecule has 6 heteroatoms. The van der Waals surface area contributed by atoms with Gasteiger partial charge in [0.1, 0.15) is 5.54 Å².